The number of carbonyl (C=O) groups is 1. The Morgan fingerprint density at radius 1 is 1.22 bits per heavy atom. The standard InChI is InChI=1S/C24H19B3ClFN6O2/c1-4-35-20-12-7-17(22(30-9-12)31-11-36)37-23(2,25)15-8-13(29)5-6-14(15)19-16(10-34(3)32-19)24(26,27)18(20)21(28)33-35/h5-11H,4H2,1-3H3,(H,30,31,36)/t23-/m1/s1. The van der Waals surface area contributed by atoms with Crippen LogP contribution >= 0.6 is 11.6 Å². The van der Waals surface area contributed by atoms with Gasteiger partial charge in [0.25, 0.3) is 0 Å². The Morgan fingerprint density at radius 2 is 1.97 bits per heavy atom. The average Bonchev–Trinajstić information content (AvgIpc) is 3.40. The Bertz CT molecular complexity index is 1550. The van der Waals surface area contributed by atoms with Crippen LogP contribution in [0, 0.1) is 5.82 Å². The summed E-state index contributed by atoms with van der Waals surface area (Å²) < 4.78 is 24.0. The Kier molecular flexibility index (Phi) is 5.98. The van der Waals surface area contributed by atoms with E-state index in [1.807, 2.05) is 6.92 Å². The van der Waals surface area contributed by atoms with Crippen molar-refractivity contribution >= 4 is 47.4 Å². The van der Waals surface area contributed by atoms with E-state index in [-0.39, 0.29) is 22.3 Å². The number of pyridine rings is 1. The summed E-state index contributed by atoms with van der Waals surface area (Å²) >= 11 is 6.65. The molecule has 1 aromatic carbocycles. The summed E-state index contributed by atoms with van der Waals surface area (Å²) in [6, 6.07) is 5.69. The summed E-state index contributed by atoms with van der Waals surface area (Å²) in [6.45, 7) is 3.89. The second kappa shape index (κ2) is 8.80. The van der Waals surface area contributed by atoms with Crippen LogP contribution in [0.5, 0.6) is 5.75 Å². The first-order valence-electron chi connectivity index (χ1n) is 11.4. The fourth-order valence-corrected chi connectivity index (χ4v) is 5.02. The zero-order valence-corrected chi connectivity index (χ0v) is 21.0. The van der Waals surface area contributed by atoms with Gasteiger partial charge in [-0.3, -0.25) is 14.2 Å². The summed E-state index contributed by atoms with van der Waals surface area (Å²) in [4.78, 5) is 15.6. The van der Waals surface area contributed by atoms with E-state index in [4.69, 9.17) is 39.9 Å². The van der Waals surface area contributed by atoms with E-state index in [2.05, 4.69) is 20.5 Å². The first-order valence-corrected chi connectivity index (χ1v) is 11.7. The highest BCUT2D eigenvalue weighted by Crippen LogP contribution is 2.45. The van der Waals surface area contributed by atoms with Crippen LogP contribution in [0.4, 0.5) is 10.2 Å². The zero-order valence-electron chi connectivity index (χ0n) is 20.3. The van der Waals surface area contributed by atoms with Gasteiger partial charge in [0, 0.05) is 42.7 Å². The molecule has 3 aromatic heterocycles. The fourth-order valence-electron chi connectivity index (χ4n) is 4.68. The molecular weight excluding hydrogens is 491 g/mol. The molecule has 2 bridgehead atoms. The number of amides is 1. The maximum atomic E-state index is 14.6. The summed E-state index contributed by atoms with van der Waals surface area (Å²) in [7, 11) is 22.1. The lowest BCUT2D eigenvalue weighted by Gasteiger charge is -2.33. The van der Waals surface area contributed by atoms with E-state index < -0.39 is 16.5 Å². The van der Waals surface area contributed by atoms with Gasteiger partial charge in [0.2, 0.25) is 6.41 Å². The van der Waals surface area contributed by atoms with Gasteiger partial charge in [-0.1, -0.05) is 11.6 Å². The predicted molar refractivity (Wildman–Crippen MR) is 140 cm³/mol. The first kappa shape index (κ1) is 25.1. The highest BCUT2D eigenvalue weighted by Gasteiger charge is 2.38. The quantitative estimate of drug-likeness (QED) is 0.339. The minimum Gasteiger partial charge on any atom is -0.489 e. The lowest BCUT2D eigenvalue weighted by Crippen LogP contribution is -2.33. The second-order valence-electron chi connectivity index (χ2n) is 9.00. The molecule has 6 radical (unpaired) electrons. The number of aromatic nitrogens is 5. The van der Waals surface area contributed by atoms with Crippen molar-refractivity contribution in [3.8, 4) is 28.3 Å². The number of halogens is 2. The number of carbonyl (C=O) groups excluding carboxylic acids is 1. The molecule has 0 spiro atoms. The number of nitrogens with zero attached hydrogens (tertiary/aromatic N) is 5. The topological polar surface area (TPSA) is 86.9 Å². The minimum absolute atomic E-state index is 0.0919. The molecule has 5 rings (SSSR count). The molecule has 1 amide bonds. The van der Waals surface area contributed by atoms with Crippen LogP contribution < -0.4 is 10.1 Å². The Balaban J connectivity index is 1.95. The summed E-state index contributed by atoms with van der Waals surface area (Å²) in [5.41, 5.74) is 1.20. The van der Waals surface area contributed by atoms with Gasteiger partial charge in [0.1, 0.15) is 13.7 Å². The second-order valence-corrected chi connectivity index (χ2v) is 9.35. The predicted octanol–water partition coefficient (Wildman–Crippen LogP) is 3.00. The SMILES string of the molecule is [B]C1([B])c2cn(C)nc2-c2ccc(F)cc2[C@@]([B])(C)Oc2cc(cnc2NC=O)-c2c1c(Cl)nn2CC. The number of aryl methyl sites for hydroxylation is 2. The van der Waals surface area contributed by atoms with Crippen LogP contribution in [0.3, 0.4) is 0 Å². The van der Waals surface area contributed by atoms with Gasteiger partial charge in [0.15, 0.2) is 16.7 Å². The lowest BCUT2D eigenvalue weighted by molar-refractivity contribution is -0.105. The third-order valence-corrected chi connectivity index (χ3v) is 6.58. The third kappa shape index (κ3) is 4.03. The van der Waals surface area contributed by atoms with E-state index in [0.29, 0.717) is 46.6 Å². The molecule has 0 unspecified atom stereocenters. The number of hydrogen-bond donors (Lipinski definition) is 1. The van der Waals surface area contributed by atoms with Crippen molar-refractivity contribution in [3.05, 3.63) is 64.3 Å². The number of nitrogens with one attached hydrogen (secondary N) is 1. The number of ether oxygens (including phenoxy) is 1. The fraction of sp³-hybridized carbons (Fsp3) is 0.250. The molecule has 0 saturated carbocycles. The highest BCUT2D eigenvalue weighted by atomic mass is 35.5. The molecule has 0 saturated heterocycles. The molecule has 37 heavy (non-hydrogen) atoms. The minimum atomic E-state index is -1.69. The normalized spacial score (nSPS) is 17.9. The molecule has 13 heteroatoms. The van der Waals surface area contributed by atoms with Gasteiger partial charge in [0.05, 0.1) is 32.6 Å². The maximum Gasteiger partial charge on any atom is 0.212 e. The average molecular weight is 510 g/mol. The van der Waals surface area contributed by atoms with Crippen molar-refractivity contribution in [1.82, 2.24) is 24.5 Å². The van der Waals surface area contributed by atoms with Crippen LogP contribution in [-0.4, -0.2) is 54.5 Å². The van der Waals surface area contributed by atoms with Crippen molar-refractivity contribution in [1.29, 1.82) is 0 Å². The van der Waals surface area contributed by atoms with Crippen LogP contribution in [0.2, 0.25) is 5.15 Å². The van der Waals surface area contributed by atoms with Gasteiger partial charge in [-0.25, -0.2) is 9.37 Å². The van der Waals surface area contributed by atoms with Crippen molar-refractivity contribution in [2.45, 2.75) is 31.1 Å². The summed E-state index contributed by atoms with van der Waals surface area (Å²) in [5, 5.41) is 9.96. The van der Waals surface area contributed by atoms with Crippen LogP contribution in [0.1, 0.15) is 30.5 Å². The molecule has 1 N–H and O–H groups in total. The number of rotatable bonds is 3. The smallest absolute Gasteiger partial charge is 0.212 e. The van der Waals surface area contributed by atoms with E-state index in [9.17, 15) is 9.18 Å². The Hall–Kier alpha value is -3.53. The van der Waals surface area contributed by atoms with E-state index in [0.717, 1.165) is 0 Å². The van der Waals surface area contributed by atoms with Crippen LogP contribution in [-0.2, 0) is 29.1 Å². The number of hydrogen-bond acceptors (Lipinski definition) is 5. The summed E-state index contributed by atoms with van der Waals surface area (Å²) in [5.74, 6) is -0.314. The lowest BCUT2D eigenvalue weighted by atomic mass is 9.47. The van der Waals surface area contributed by atoms with Gasteiger partial charge in [-0.05, 0) is 54.5 Å². The van der Waals surface area contributed by atoms with Crippen molar-refractivity contribution in [2.75, 3.05) is 5.32 Å². The molecule has 4 aromatic rings. The molecule has 4 heterocycles. The molecule has 1 aliphatic heterocycles. The van der Waals surface area contributed by atoms with Gasteiger partial charge in [-0.15, -0.1) is 0 Å². The molecule has 8 nitrogen and oxygen atoms in total. The van der Waals surface area contributed by atoms with E-state index in [1.54, 1.807) is 35.6 Å². The number of anilines is 1. The molecule has 1 atom stereocenters. The van der Waals surface area contributed by atoms with Gasteiger partial charge in [-0.2, -0.15) is 10.2 Å². The van der Waals surface area contributed by atoms with Crippen LogP contribution in [0.25, 0.3) is 22.5 Å². The largest absolute Gasteiger partial charge is 0.489 e. The Labute approximate surface area is 221 Å². The van der Waals surface area contributed by atoms with Crippen molar-refractivity contribution in [3.63, 3.8) is 0 Å². The number of fused-ring (bicyclic) bond motifs is 7. The van der Waals surface area contributed by atoms with Gasteiger partial charge >= 0.3 is 0 Å². The first-order chi connectivity index (χ1) is 17.5. The van der Waals surface area contributed by atoms with Crippen LogP contribution in [0.15, 0.2) is 36.7 Å². The number of benzene rings is 1. The highest BCUT2D eigenvalue weighted by molar-refractivity contribution is 6.45. The van der Waals surface area contributed by atoms with E-state index >= 15 is 0 Å². The maximum absolute atomic E-state index is 14.6. The molecule has 180 valence electrons. The molecule has 0 fully saturated rings. The van der Waals surface area contributed by atoms with E-state index in [1.165, 1.54) is 24.4 Å². The molecule has 1 aliphatic rings. The van der Waals surface area contributed by atoms with Crippen molar-refractivity contribution in [2.24, 2.45) is 7.05 Å². The zero-order chi connectivity index (χ0) is 26.7. The van der Waals surface area contributed by atoms with Gasteiger partial charge < -0.3 is 10.1 Å². The van der Waals surface area contributed by atoms with Crippen molar-refractivity contribution < 1.29 is 13.9 Å². The Morgan fingerprint density at radius 3 is 2.68 bits per heavy atom. The molecule has 0 aliphatic carbocycles. The summed E-state index contributed by atoms with van der Waals surface area (Å²) in [6.07, 6.45) is 3.64. The monoisotopic (exact) mass is 510 g/mol. The molecular formula is C24H19B3ClFN6O2. The third-order valence-electron chi connectivity index (χ3n) is 6.31.